The quantitative estimate of drug-likeness (QED) is 0.604. The van der Waals surface area contributed by atoms with Crippen molar-refractivity contribution >= 4 is 40.9 Å². The Morgan fingerprint density at radius 3 is 2.62 bits per heavy atom. The molecule has 0 atom stereocenters. The molecule has 0 aliphatic heterocycles. The van der Waals surface area contributed by atoms with E-state index in [4.69, 9.17) is 22.5 Å². The Morgan fingerprint density at radius 2 is 2.25 bits per heavy atom. The van der Waals surface area contributed by atoms with Crippen LogP contribution in [-0.4, -0.2) is 5.75 Å². The van der Waals surface area contributed by atoms with Crippen molar-refractivity contribution in [1.82, 2.24) is 0 Å². The number of hydrogen-bond acceptors (Lipinski definition) is 1. The Bertz CT molecular complexity index is 74.4. The molecule has 0 saturated carbocycles. The fourth-order valence-electron chi connectivity index (χ4n) is 0.185. The number of rotatable bonds is 3. The zero-order chi connectivity index (χ0) is 6.41. The topological polar surface area (TPSA) is 0 Å². The number of halogens is 2. The van der Waals surface area contributed by atoms with Gasteiger partial charge in [-0.2, -0.15) is 0 Å². The molecular formula is C4H7Cl2PS. The SMILES string of the molecule is CCS/C=C/P(Cl)Cl. The van der Waals surface area contributed by atoms with Crippen molar-refractivity contribution in [2.75, 3.05) is 5.75 Å². The molecule has 0 unspecified atom stereocenters. The molecule has 0 rings (SSSR count). The van der Waals surface area contributed by atoms with Crippen LogP contribution in [0.25, 0.3) is 0 Å². The monoisotopic (exact) mass is 188 g/mol. The molecule has 0 radical (unpaired) electrons. The summed E-state index contributed by atoms with van der Waals surface area (Å²) in [5.41, 5.74) is 0. The third-order valence-corrected chi connectivity index (χ3v) is 2.35. The Morgan fingerprint density at radius 1 is 1.62 bits per heavy atom. The molecule has 0 aromatic rings. The second kappa shape index (κ2) is 6.22. The molecule has 0 aliphatic rings. The summed E-state index contributed by atoms with van der Waals surface area (Å²) in [7, 11) is 0. The van der Waals surface area contributed by atoms with E-state index < -0.39 is 6.63 Å². The minimum atomic E-state index is -0.869. The van der Waals surface area contributed by atoms with Crippen molar-refractivity contribution in [3.8, 4) is 0 Å². The minimum absolute atomic E-state index is 0.869. The zero-order valence-corrected chi connectivity index (χ0v) is 7.70. The predicted molar refractivity (Wildman–Crippen MR) is 45.9 cm³/mol. The van der Waals surface area contributed by atoms with Gasteiger partial charge in [-0.15, -0.1) is 11.8 Å². The van der Waals surface area contributed by atoms with Crippen LogP contribution in [0.1, 0.15) is 6.92 Å². The summed E-state index contributed by atoms with van der Waals surface area (Å²) in [5, 5.41) is 1.94. The first kappa shape index (κ1) is 9.10. The van der Waals surface area contributed by atoms with Crippen LogP contribution in [0.2, 0.25) is 0 Å². The lowest BCUT2D eigenvalue weighted by Gasteiger charge is -1.85. The van der Waals surface area contributed by atoms with Crippen molar-refractivity contribution < 1.29 is 0 Å². The maximum absolute atomic E-state index is 5.44. The highest BCUT2D eigenvalue weighted by Gasteiger charge is 1.86. The van der Waals surface area contributed by atoms with Crippen LogP contribution >= 0.6 is 40.9 Å². The molecule has 0 amide bonds. The Kier molecular flexibility index (Phi) is 7.08. The molecule has 0 fully saturated rings. The van der Waals surface area contributed by atoms with Gasteiger partial charge >= 0.3 is 0 Å². The van der Waals surface area contributed by atoms with Gasteiger partial charge in [0.05, 0.1) is 0 Å². The van der Waals surface area contributed by atoms with Crippen LogP contribution in [0.5, 0.6) is 0 Å². The summed E-state index contributed by atoms with van der Waals surface area (Å²) in [5.74, 6) is 2.89. The molecular weight excluding hydrogens is 182 g/mol. The number of thioether (sulfide) groups is 1. The molecule has 0 aromatic heterocycles. The second-order valence-electron chi connectivity index (χ2n) is 1.000. The Balaban J connectivity index is 3.07. The lowest BCUT2D eigenvalue weighted by atomic mass is 11.0. The lowest BCUT2D eigenvalue weighted by Crippen LogP contribution is -1.54. The van der Waals surface area contributed by atoms with Gasteiger partial charge in [0.1, 0.15) is 6.63 Å². The van der Waals surface area contributed by atoms with E-state index in [1.165, 1.54) is 0 Å². The fraction of sp³-hybridized carbons (Fsp3) is 0.500. The van der Waals surface area contributed by atoms with Gasteiger partial charge in [-0.1, -0.05) is 29.4 Å². The summed E-state index contributed by atoms with van der Waals surface area (Å²) >= 11 is 12.6. The highest BCUT2D eigenvalue weighted by atomic mass is 35.9. The van der Waals surface area contributed by atoms with E-state index >= 15 is 0 Å². The second-order valence-corrected chi connectivity index (χ2v) is 5.70. The summed E-state index contributed by atoms with van der Waals surface area (Å²) < 4.78 is 0. The van der Waals surface area contributed by atoms with Crippen LogP contribution < -0.4 is 0 Å². The molecule has 48 valence electrons. The Hall–Kier alpha value is 1.10. The van der Waals surface area contributed by atoms with Gasteiger partial charge in [-0.25, -0.2) is 0 Å². The van der Waals surface area contributed by atoms with Gasteiger partial charge in [-0.05, 0) is 17.0 Å². The number of hydrogen-bond donors (Lipinski definition) is 0. The summed E-state index contributed by atoms with van der Waals surface area (Å²) in [6.07, 6.45) is 0. The van der Waals surface area contributed by atoms with Gasteiger partial charge in [0.15, 0.2) is 0 Å². The summed E-state index contributed by atoms with van der Waals surface area (Å²) in [6.45, 7) is 1.21. The van der Waals surface area contributed by atoms with Crippen LogP contribution in [-0.2, 0) is 0 Å². The maximum Gasteiger partial charge on any atom is 0.110 e. The van der Waals surface area contributed by atoms with Crippen LogP contribution in [0.4, 0.5) is 0 Å². The van der Waals surface area contributed by atoms with Gasteiger partial charge < -0.3 is 0 Å². The van der Waals surface area contributed by atoms with Crippen LogP contribution in [0.15, 0.2) is 11.2 Å². The smallest absolute Gasteiger partial charge is 0.110 e. The molecule has 0 spiro atoms. The highest BCUT2D eigenvalue weighted by molar-refractivity contribution is 8.07. The first-order valence-electron chi connectivity index (χ1n) is 2.16. The highest BCUT2D eigenvalue weighted by Crippen LogP contribution is 2.48. The molecule has 0 aromatic carbocycles. The van der Waals surface area contributed by atoms with Crippen molar-refractivity contribution in [2.24, 2.45) is 0 Å². The van der Waals surface area contributed by atoms with E-state index in [0.717, 1.165) is 5.75 Å². The minimum Gasteiger partial charge on any atom is -0.134 e. The van der Waals surface area contributed by atoms with E-state index in [1.54, 1.807) is 11.8 Å². The molecule has 8 heavy (non-hydrogen) atoms. The largest absolute Gasteiger partial charge is 0.134 e. The zero-order valence-electron chi connectivity index (χ0n) is 4.47. The van der Waals surface area contributed by atoms with Crippen molar-refractivity contribution in [1.29, 1.82) is 0 Å². The molecule has 0 saturated heterocycles. The van der Waals surface area contributed by atoms with E-state index in [9.17, 15) is 0 Å². The average Bonchev–Trinajstić information content (AvgIpc) is 1.66. The standard InChI is InChI=1S/C4H7Cl2PS/c1-2-8-4-3-7(5)6/h3-4H,2H2,1H3/b4-3+. The van der Waals surface area contributed by atoms with E-state index in [1.807, 2.05) is 11.2 Å². The fourth-order valence-corrected chi connectivity index (χ4v) is 1.92. The Labute approximate surface area is 65.0 Å². The normalized spacial score (nSPS) is 11.5. The van der Waals surface area contributed by atoms with Gasteiger partial charge in [0, 0.05) is 0 Å². The molecule has 0 aliphatic carbocycles. The third kappa shape index (κ3) is 7.10. The third-order valence-electron chi connectivity index (χ3n) is 0.436. The van der Waals surface area contributed by atoms with Gasteiger partial charge in [0.25, 0.3) is 0 Å². The molecule has 4 heteroatoms. The average molecular weight is 189 g/mol. The summed E-state index contributed by atoms with van der Waals surface area (Å²) in [4.78, 5) is 0. The van der Waals surface area contributed by atoms with Crippen LogP contribution in [0.3, 0.4) is 0 Å². The van der Waals surface area contributed by atoms with Gasteiger partial charge in [0.2, 0.25) is 0 Å². The summed E-state index contributed by atoms with van der Waals surface area (Å²) in [6, 6.07) is 0. The first-order valence-corrected chi connectivity index (χ1v) is 6.43. The lowest BCUT2D eigenvalue weighted by molar-refractivity contribution is 1.54. The molecule has 0 heterocycles. The first-order chi connectivity index (χ1) is 3.77. The van der Waals surface area contributed by atoms with Crippen molar-refractivity contribution in [2.45, 2.75) is 6.92 Å². The van der Waals surface area contributed by atoms with Crippen molar-refractivity contribution in [3.05, 3.63) is 11.2 Å². The van der Waals surface area contributed by atoms with E-state index in [2.05, 4.69) is 6.92 Å². The van der Waals surface area contributed by atoms with Crippen LogP contribution in [0, 0.1) is 0 Å². The molecule has 0 N–H and O–H groups in total. The van der Waals surface area contributed by atoms with E-state index in [0.29, 0.717) is 0 Å². The predicted octanol–water partition coefficient (Wildman–Crippen LogP) is 4.00. The van der Waals surface area contributed by atoms with Crippen molar-refractivity contribution in [3.63, 3.8) is 0 Å². The molecule has 0 bridgehead atoms. The van der Waals surface area contributed by atoms with Gasteiger partial charge in [-0.3, -0.25) is 0 Å². The van der Waals surface area contributed by atoms with E-state index in [-0.39, 0.29) is 0 Å². The molecule has 0 nitrogen and oxygen atoms in total. The maximum atomic E-state index is 5.44.